The number of aromatic amines is 1. The third-order valence-corrected chi connectivity index (χ3v) is 5.17. The zero-order valence-electron chi connectivity index (χ0n) is 15.3. The number of piperidine rings is 1. The lowest BCUT2D eigenvalue weighted by atomic mass is 10.1. The number of rotatable bonds is 6. The minimum Gasteiger partial charge on any atom is -0.369 e. The van der Waals surface area contributed by atoms with Crippen LogP contribution in [0.1, 0.15) is 31.2 Å². The predicted molar refractivity (Wildman–Crippen MR) is 107 cm³/mol. The van der Waals surface area contributed by atoms with Gasteiger partial charge in [-0.2, -0.15) is 0 Å². The maximum atomic E-state index is 7.71. The highest BCUT2D eigenvalue weighted by Crippen LogP contribution is 2.29. The monoisotopic (exact) mass is 364 g/mol. The van der Waals surface area contributed by atoms with Gasteiger partial charge in [-0.15, -0.1) is 5.11 Å². The molecule has 3 heterocycles. The second-order valence-corrected chi connectivity index (χ2v) is 6.97. The van der Waals surface area contributed by atoms with Crippen molar-refractivity contribution >= 4 is 33.6 Å². The summed E-state index contributed by atoms with van der Waals surface area (Å²) in [5.74, 6) is 0.774. The average molecular weight is 364 g/mol. The fraction of sp³-hybridized carbons (Fsp3) is 0.421. The zero-order chi connectivity index (χ0) is 18.6. The van der Waals surface area contributed by atoms with Crippen LogP contribution in [-0.4, -0.2) is 51.9 Å². The number of aromatic nitrogens is 3. The highest BCUT2D eigenvalue weighted by Gasteiger charge is 2.13. The molecule has 0 spiro atoms. The SMILES string of the molecule is N=NC(=N)c1ccc2c(c1)[nH]c1ncnc(NCCCN3CCCCC3)c12. The molecule has 8 heteroatoms. The quantitative estimate of drug-likeness (QED) is 0.230. The molecule has 2 aromatic heterocycles. The van der Waals surface area contributed by atoms with Crippen LogP contribution in [0.4, 0.5) is 5.82 Å². The summed E-state index contributed by atoms with van der Waals surface area (Å²) < 4.78 is 0. The molecule has 1 aromatic carbocycles. The number of amidine groups is 1. The summed E-state index contributed by atoms with van der Waals surface area (Å²) in [6.45, 7) is 4.44. The zero-order valence-corrected chi connectivity index (χ0v) is 15.3. The Labute approximate surface area is 157 Å². The predicted octanol–water partition coefficient (Wildman–Crippen LogP) is 3.76. The molecule has 0 bridgehead atoms. The molecule has 1 aliphatic heterocycles. The average Bonchev–Trinajstić information content (AvgIpc) is 3.09. The molecule has 0 radical (unpaired) electrons. The van der Waals surface area contributed by atoms with Crippen LogP contribution in [0.2, 0.25) is 0 Å². The van der Waals surface area contributed by atoms with E-state index in [2.05, 4.69) is 30.3 Å². The molecule has 0 amide bonds. The third kappa shape index (κ3) is 3.66. The number of H-pyrrole nitrogens is 1. The number of anilines is 1. The first-order valence-corrected chi connectivity index (χ1v) is 9.45. The van der Waals surface area contributed by atoms with E-state index in [1.165, 1.54) is 32.4 Å². The molecule has 8 nitrogen and oxygen atoms in total. The number of hydrogen-bond acceptors (Lipinski definition) is 6. The standard InChI is InChI=1S/C19H24N8/c20-17(26-21)13-5-6-14-15(11-13)25-19-16(14)18(23-12-24-19)22-7-4-10-27-8-2-1-3-9-27/h5-6,11-12,20-21H,1-4,7-10H2,(H2,22,23,24,25). The van der Waals surface area contributed by atoms with Crippen molar-refractivity contribution in [2.45, 2.75) is 25.7 Å². The van der Waals surface area contributed by atoms with E-state index in [1.54, 1.807) is 6.33 Å². The summed E-state index contributed by atoms with van der Waals surface area (Å²) in [5.41, 5.74) is 9.26. The van der Waals surface area contributed by atoms with Gasteiger partial charge in [0.15, 0.2) is 5.84 Å². The molecule has 1 saturated heterocycles. The lowest BCUT2D eigenvalue weighted by Gasteiger charge is -2.26. The van der Waals surface area contributed by atoms with Crippen LogP contribution >= 0.6 is 0 Å². The Morgan fingerprint density at radius 1 is 1.22 bits per heavy atom. The molecular formula is C19H24N8. The van der Waals surface area contributed by atoms with Gasteiger partial charge in [0.2, 0.25) is 0 Å². The van der Waals surface area contributed by atoms with E-state index in [-0.39, 0.29) is 5.84 Å². The van der Waals surface area contributed by atoms with Crippen molar-refractivity contribution in [3.63, 3.8) is 0 Å². The van der Waals surface area contributed by atoms with Crippen molar-refractivity contribution < 1.29 is 0 Å². The van der Waals surface area contributed by atoms with Crippen LogP contribution in [-0.2, 0) is 0 Å². The summed E-state index contributed by atoms with van der Waals surface area (Å²) in [6.07, 6.45) is 6.66. The second-order valence-electron chi connectivity index (χ2n) is 6.97. The summed E-state index contributed by atoms with van der Waals surface area (Å²) in [6, 6.07) is 5.58. The third-order valence-electron chi connectivity index (χ3n) is 5.17. The molecule has 0 aliphatic carbocycles. The van der Waals surface area contributed by atoms with Gasteiger partial charge in [-0.25, -0.2) is 15.5 Å². The van der Waals surface area contributed by atoms with E-state index in [1.807, 2.05) is 18.2 Å². The van der Waals surface area contributed by atoms with Crippen LogP contribution in [0.25, 0.3) is 21.9 Å². The van der Waals surface area contributed by atoms with Crippen LogP contribution in [0.5, 0.6) is 0 Å². The van der Waals surface area contributed by atoms with E-state index in [0.717, 1.165) is 47.3 Å². The van der Waals surface area contributed by atoms with E-state index in [9.17, 15) is 0 Å². The first-order chi connectivity index (χ1) is 13.3. The van der Waals surface area contributed by atoms with Gasteiger partial charge in [-0.05, 0) is 45.0 Å². The largest absolute Gasteiger partial charge is 0.369 e. The van der Waals surface area contributed by atoms with Gasteiger partial charge >= 0.3 is 0 Å². The molecule has 0 saturated carbocycles. The molecule has 4 rings (SSSR count). The molecule has 0 unspecified atom stereocenters. The fourth-order valence-electron chi connectivity index (χ4n) is 3.77. The van der Waals surface area contributed by atoms with Crippen LogP contribution in [0.3, 0.4) is 0 Å². The minimum absolute atomic E-state index is 0.0577. The number of fused-ring (bicyclic) bond motifs is 3. The van der Waals surface area contributed by atoms with E-state index in [0.29, 0.717) is 5.56 Å². The van der Waals surface area contributed by atoms with E-state index < -0.39 is 0 Å². The molecule has 27 heavy (non-hydrogen) atoms. The number of likely N-dealkylation sites (tertiary alicyclic amines) is 1. The molecule has 4 N–H and O–H groups in total. The Bertz CT molecular complexity index is 970. The number of hydrogen-bond donors (Lipinski definition) is 4. The Balaban J connectivity index is 1.52. The molecule has 1 aliphatic rings. The van der Waals surface area contributed by atoms with Crippen LogP contribution in [0.15, 0.2) is 29.6 Å². The highest BCUT2D eigenvalue weighted by molar-refractivity contribution is 6.12. The first-order valence-electron chi connectivity index (χ1n) is 9.45. The van der Waals surface area contributed by atoms with E-state index >= 15 is 0 Å². The van der Waals surface area contributed by atoms with Gasteiger partial charge in [0.25, 0.3) is 0 Å². The topological polar surface area (TPSA) is 117 Å². The Hall–Kier alpha value is -2.87. The van der Waals surface area contributed by atoms with Gasteiger partial charge in [0.05, 0.1) is 5.39 Å². The highest BCUT2D eigenvalue weighted by atomic mass is 15.1. The Morgan fingerprint density at radius 3 is 2.89 bits per heavy atom. The van der Waals surface area contributed by atoms with Crippen molar-refractivity contribution in [3.05, 3.63) is 30.1 Å². The normalized spacial score (nSPS) is 15.3. The second kappa shape index (κ2) is 7.79. The number of nitrogens with one attached hydrogen (secondary N) is 4. The maximum Gasteiger partial charge on any atom is 0.173 e. The maximum absolute atomic E-state index is 7.71. The molecule has 140 valence electrons. The summed E-state index contributed by atoms with van der Waals surface area (Å²) in [4.78, 5) is 14.6. The van der Waals surface area contributed by atoms with Crippen molar-refractivity contribution in [3.8, 4) is 0 Å². The number of benzene rings is 1. The van der Waals surface area contributed by atoms with E-state index in [4.69, 9.17) is 10.9 Å². The number of nitrogens with zero attached hydrogens (tertiary/aromatic N) is 4. The van der Waals surface area contributed by atoms with Crippen LogP contribution in [0, 0.1) is 10.9 Å². The summed E-state index contributed by atoms with van der Waals surface area (Å²) in [7, 11) is 0. The molecule has 0 atom stereocenters. The van der Waals surface area contributed by atoms with Gasteiger partial charge in [-0.1, -0.05) is 18.6 Å². The summed E-state index contributed by atoms with van der Waals surface area (Å²) >= 11 is 0. The molecule has 3 aromatic rings. The van der Waals surface area contributed by atoms with Crippen LogP contribution < -0.4 is 5.32 Å². The lowest BCUT2D eigenvalue weighted by molar-refractivity contribution is 0.228. The lowest BCUT2D eigenvalue weighted by Crippen LogP contribution is -2.31. The smallest absolute Gasteiger partial charge is 0.173 e. The van der Waals surface area contributed by atoms with Gasteiger partial charge < -0.3 is 15.2 Å². The van der Waals surface area contributed by atoms with Crippen molar-refractivity contribution in [2.75, 3.05) is 31.5 Å². The summed E-state index contributed by atoms with van der Waals surface area (Å²) in [5, 5.41) is 16.4. The molecule has 1 fully saturated rings. The van der Waals surface area contributed by atoms with Crippen molar-refractivity contribution in [2.24, 2.45) is 5.11 Å². The minimum atomic E-state index is -0.0577. The van der Waals surface area contributed by atoms with Crippen molar-refractivity contribution in [1.29, 1.82) is 10.9 Å². The molecular weight excluding hydrogens is 340 g/mol. The van der Waals surface area contributed by atoms with Gasteiger partial charge in [0.1, 0.15) is 17.8 Å². The first kappa shape index (κ1) is 17.5. The van der Waals surface area contributed by atoms with Crippen molar-refractivity contribution in [1.82, 2.24) is 19.9 Å². The Kier molecular flexibility index (Phi) is 5.06. The fourth-order valence-corrected chi connectivity index (χ4v) is 3.77. The Morgan fingerprint density at radius 2 is 2.07 bits per heavy atom. The van der Waals surface area contributed by atoms with Gasteiger partial charge in [-0.3, -0.25) is 5.41 Å². The van der Waals surface area contributed by atoms with Gasteiger partial charge in [0, 0.05) is 23.0 Å².